The first-order chi connectivity index (χ1) is 21.7. The van der Waals surface area contributed by atoms with Crippen LogP contribution in [0, 0.1) is 0 Å². The van der Waals surface area contributed by atoms with Crippen LogP contribution < -0.4 is 0 Å². The maximum absolute atomic E-state index is 13.4. The van der Waals surface area contributed by atoms with Crippen LogP contribution in [-0.4, -0.2) is 99.2 Å². The number of piperidine rings is 1. The van der Waals surface area contributed by atoms with E-state index in [1.807, 2.05) is 60.7 Å². The monoisotopic (exact) mass is 673 g/mol. The number of aliphatic hydroxyl groups excluding tert-OH is 1. The number of nitrogens with zero attached hydrogens (tertiary/aromatic N) is 3. The number of aliphatic hydroxyl groups is 1. The Balaban J connectivity index is 0.00000576. The van der Waals surface area contributed by atoms with Crippen molar-refractivity contribution in [1.29, 1.82) is 0 Å². The van der Waals surface area contributed by atoms with Gasteiger partial charge in [0.05, 0.1) is 18.6 Å². The Labute approximate surface area is 278 Å². The summed E-state index contributed by atoms with van der Waals surface area (Å²) in [5.74, 6) is -0.515. The van der Waals surface area contributed by atoms with E-state index in [4.69, 9.17) is 9.47 Å². The number of ether oxygens (including phenoxy) is 2. The number of halogens is 1. The van der Waals surface area contributed by atoms with Crippen molar-refractivity contribution in [3.8, 4) is 0 Å². The maximum atomic E-state index is 13.4. The summed E-state index contributed by atoms with van der Waals surface area (Å²) in [4.78, 5) is 29.2. The summed E-state index contributed by atoms with van der Waals surface area (Å²) < 4.78 is 38.5. The number of likely N-dealkylation sites (tertiary alicyclic amines) is 1. The highest BCUT2D eigenvalue weighted by Gasteiger charge is 2.38. The molecule has 1 saturated heterocycles. The van der Waals surface area contributed by atoms with E-state index in [2.05, 4.69) is 4.90 Å². The van der Waals surface area contributed by atoms with Crippen molar-refractivity contribution in [2.75, 3.05) is 53.5 Å². The van der Waals surface area contributed by atoms with Crippen molar-refractivity contribution in [2.24, 2.45) is 0 Å². The van der Waals surface area contributed by atoms with Gasteiger partial charge in [0.25, 0.3) is 0 Å². The fourth-order valence-electron chi connectivity index (χ4n) is 5.79. The lowest BCUT2D eigenvalue weighted by Gasteiger charge is -2.40. The van der Waals surface area contributed by atoms with Gasteiger partial charge >= 0.3 is 12.1 Å². The molecular formula is C34H44ClN3O7S. The van der Waals surface area contributed by atoms with Crippen molar-refractivity contribution < 1.29 is 32.6 Å². The average Bonchev–Trinajstić information content (AvgIpc) is 3.09. The lowest BCUT2D eigenvalue weighted by Crippen LogP contribution is -2.51. The van der Waals surface area contributed by atoms with Crippen LogP contribution in [0.15, 0.2) is 95.9 Å². The van der Waals surface area contributed by atoms with E-state index in [1.165, 1.54) is 16.3 Å². The smallest absolute Gasteiger partial charge is 0.410 e. The number of esters is 1. The Morgan fingerprint density at radius 2 is 1.50 bits per heavy atom. The standard InChI is InChI=1S/C34H43N3O7S.ClH/c1-35(45(41,42)31-16-10-5-11-17-31)26-34(27-38,29-14-8-4-9-15-29)20-23-36-21-18-30(19-22-36)37(24-32(39)43-2)33(40)44-25-28-12-6-3-7-13-28;/h3-17,30,38H,18-27H2,1-2H3;1H. The Morgan fingerprint density at radius 3 is 2.07 bits per heavy atom. The first-order valence-electron chi connectivity index (χ1n) is 15.1. The second kappa shape index (κ2) is 17.4. The third-order valence-corrected chi connectivity index (χ3v) is 10.4. The zero-order chi connectivity index (χ0) is 32.3. The summed E-state index contributed by atoms with van der Waals surface area (Å²) in [5, 5.41) is 10.8. The third-order valence-electron chi connectivity index (χ3n) is 8.54. The van der Waals surface area contributed by atoms with Gasteiger partial charge in [0.1, 0.15) is 13.2 Å². The van der Waals surface area contributed by atoms with Crippen LogP contribution in [0.5, 0.6) is 0 Å². The number of carbonyl (C=O) groups excluding carboxylic acids is 2. The molecular weight excluding hydrogens is 630 g/mol. The number of carbonyl (C=O) groups is 2. The number of methoxy groups -OCH3 is 1. The van der Waals surface area contributed by atoms with E-state index in [-0.39, 0.29) is 49.6 Å². The summed E-state index contributed by atoms with van der Waals surface area (Å²) in [6.07, 6.45) is 1.19. The molecule has 0 bridgehead atoms. The second-order valence-electron chi connectivity index (χ2n) is 11.4. The number of rotatable bonds is 14. The molecule has 3 aromatic carbocycles. The lowest BCUT2D eigenvalue weighted by atomic mass is 9.77. The van der Waals surface area contributed by atoms with Crippen LogP contribution >= 0.6 is 12.4 Å². The van der Waals surface area contributed by atoms with E-state index in [0.717, 1.165) is 11.1 Å². The predicted octanol–water partition coefficient (Wildman–Crippen LogP) is 4.33. The summed E-state index contributed by atoms with van der Waals surface area (Å²) >= 11 is 0. The predicted molar refractivity (Wildman–Crippen MR) is 178 cm³/mol. The quantitative estimate of drug-likeness (QED) is 0.252. The normalized spacial score (nSPS) is 15.4. The largest absolute Gasteiger partial charge is 0.468 e. The summed E-state index contributed by atoms with van der Waals surface area (Å²) in [7, 11) is -0.929. The molecule has 1 atom stereocenters. The summed E-state index contributed by atoms with van der Waals surface area (Å²) in [5.41, 5.74) is 0.877. The highest BCUT2D eigenvalue weighted by molar-refractivity contribution is 7.89. The molecule has 0 spiro atoms. The Kier molecular flexibility index (Phi) is 14.0. The number of sulfonamides is 1. The molecule has 46 heavy (non-hydrogen) atoms. The van der Waals surface area contributed by atoms with E-state index in [9.17, 15) is 23.1 Å². The molecule has 12 heteroatoms. The van der Waals surface area contributed by atoms with Gasteiger partial charge in [0, 0.05) is 38.1 Å². The zero-order valence-corrected chi connectivity index (χ0v) is 28.0. The molecule has 0 aromatic heterocycles. The molecule has 3 aromatic rings. The van der Waals surface area contributed by atoms with Gasteiger partial charge in [-0.1, -0.05) is 78.9 Å². The van der Waals surface area contributed by atoms with Gasteiger partial charge in [-0.05, 0) is 49.1 Å². The number of hydrogen-bond donors (Lipinski definition) is 1. The van der Waals surface area contributed by atoms with Crippen LogP contribution in [0.2, 0.25) is 0 Å². The van der Waals surface area contributed by atoms with Gasteiger partial charge in [0.15, 0.2) is 0 Å². The number of benzene rings is 3. The molecule has 1 amide bonds. The topological polar surface area (TPSA) is 117 Å². The molecule has 1 unspecified atom stereocenters. The highest BCUT2D eigenvalue weighted by atomic mass is 35.5. The molecule has 0 radical (unpaired) electrons. The summed E-state index contributed by atoms with van der Waals surface area (Å²) in [6, 6.07) is 27.0. The van der Waals surface area contributed by atoms with Crippen LogP contribution in [-0.2, 0) is 36.3 Å². The van der Waals surface area contributed by atoms with Crippen molar-refractivity contribution in [1.82, 2.24) is 14.1 Å². The minimum Gasteiger partial charge on any atom is -0.468 e. The van der Waals surface area contributed by atoms with E-state index in [0.29, 0.717) is 38.9 Å². The van der Waals surface area contributed by atoms with Crippen LogP contribution in [0.25, 0.3) is 0 Å². The van der Waals surface area contributed by atoms with Gasteiger partial charge in [-0.25, -0.2) is 13.2 Å². The second-order valence-corrected chi connectivity index (χ2v) is 13.5. The Bertz CT molecular complexity index is 1470. The summed E-state index contributed by atoms with van der Waals surface area (Å²) in [6.45, 7) is 1.69. The molecule has 4 rings (SSSR count). The lowest BCUT2D eigenvalue weighted by molar-refractivity contribution is -0.142. The first-order valence-corrected chi connectivity index (χ1v) is 16.6. The highest BCUT2D eigenvalue weighted by Crippen LogP contribution is 2.32. The fourth-order valence-corrected chi connectivity index (χ4v) is 7.06. The molecule has 0 saturated carbocycles. The SMILES string of the molecule is COC(=O)CN(C(=O)OCc1ccccc1)C1CCN(CCC(CO)(CN(C)S(=O)(=O)c2ccccc2)c2ccccc2)CC1.Cl. The zero-order valence-electron chi connectivity index (χ0n) is 26.4. The maximum Gasteiger partial charge on any atom is 0.410 e. The van der Waals surface area contributed by atoms with Crippen LogP contribution in [0.3, 0.4) is 0 Å². The third kappa shape index (κ3) is 9.52. The Morgan fingerprint density at radius 1 is 0.935 bits per heavy atom. The number of amides is 1. The Hall–Kier alpha value is -3.48. The molecule has 1 heterocycles. The van der Waals surface area contributed by atoms with Crippen LogP contribution in [0.1, 0.15) is 30.4 Å². The van der Waals surface area contributed by atoms with Gasteiger partial charge in [-0.15, -0.1) is 12.4 Å². The average molecular weight is 674 g/mol. The van der Waals surface area contributed by atoms with Gasteiger partial charge in [0.2, 0.25) is 10.0 Å². The van der Waals surface area contributed by atoms with Gasteiger partial charge in [-0.3, -0.25) is 9.69 Å². The van der Waals surface area contributed by atoms with E-state index in [1.54, 1.807) is 37.4 Å². The fraction of sp³-hybridized carbons (Fsp3) is 0.412. The van der Waals surface area contributed by atoms with Crippen LogP contribution in [0.4, 0.5) is 4.79 Å². The van der Waals surface area contributed by atoms with Gasteiger partial charge in [-0.2, -0.15) is 4.31 Å². The molecule has 1 fully saturated rings. The van der Waals surface area contributed by atoms with E-state index < -0.39 is 27.5 Å². The minimum absolute atomic E-state index is 0. The first kappa shape index (κ1) is 37.0. The molecule has 1 N–H and O–H groups in total. The molecule has 0 aliphatic carbocycles. The molecule has 1 aliphatic rings. The van der Waals surface area contributed by atoms with E-state index >= 15 is 0 Å². The van der Waals surface area contributed by atoms with Crippen molar-refractivity contribution in [3.63, 3.8) is 0 Å². The van der Waals surface area contributed by atoms with Crippen molar-refractivity contribution in [3.05, 3.63) is 102 Å². The number of likely N-dealkylation sites (N-methyl/N-ethyl adjacent to an activating group) is 1. The number of hydrogen-bond acceptors (Lipinski definition) is 8. The van der Waals surface area contributed by atoms with Gasteiger partial charge < -0.3 is 19.5 Å². The molecule has 250 valence electrons. The van der Waals surface area contributed by atoms with Crippen molar-refractivity contribution >= 4 is 34.5 Å². The van der Waals surface area contributed by atoms with Crippen molar-refractivity contribution in [2.45, 2.75) is 42.2 Å². The minimum atomic E-state index is -3.77. The molecule has 10 nitrogen and oxygen atoms in total. The molecule has 1 aliphatic heterocycles.